The highest BCUT2D eigenvalue weighted by Crippen LogP contribution is 2.03. The van der Waals surface area contributed by atoms with Gasteiger partial charge in [0, 0.05) is 0 Å². The van der Waals surface area contributed by atoms with Crippen LogP contribution in [0.3, 0.4) is 0 Å². The Morgan fingerprint density at radius 2 is 2.00 bits per heavy atom. The molecule has 0 atom stereocenters. The molecule has 5 heteroatoms. The molecule has 1 N–H and O–H groups in total. The third-order valence-corrected chi connectivity index (χ3v) is 1.51. The average molecular weight is 194 g/mol. The standard InChI is InChI=1S/C7H12ClNO3/c1-7(2,6(11)12-3)9-5(10)4-8/h4H2,1-3H3,(H,9,10). The van der Waals surface area contributed by atoms with E-state index >= 15 is 0 Å². The zero-order valence-corrected chi connectivity index (χ0v) is 8.07. The second-order valence-electron chi connectivity index (χ2n) is 2.80. The lowest BCUT2D eigenvalue weighted by atomic mass is 10.1. The SMILES string of the molecule is COC(=O)C(C)(C)NC(=O)CCl. The van der Waals surface area contributed by atoms with Crippen LogP contribution in [0.25, 0.3) is 0 Å². The average Bonchev–Trinajstić information content (AvgIpc) is 2.02. The van der Waals surface area contributed by atoms with Crippen LogP contribution in [-0.2, 0) is 14.3 Å². The summed E-state index contributed by atoms with van der Waals surface area (Å²) in [5.41, 5.74) is -1.01. The van der Waals surface area contributed by atoms with Gasteiger partial charge in [0.1, 0.15) is 11.4 Å². The maximum atomic E-state index is 11.0. The molecule has 12 heavy (non-hydrogen) atoms. The summed E-state index contributed by atoms with van der Waals surface area (Å²) in [5.74, 6) is -1.06. The highest BCUT2D eigenvalue weighted by atomic mass is 35.5. The van der Waals surface area contributed by atoms with Crippen LogP contribution in [0.4, 0.5) is 0 Å². The number of alkyl halides is 1. The van der Waals surface area contributed by atoms with Gasteiger partial charge in [-0.1, -0.05) is 0 Å². The van der Waals surface area contributed by atoms with Gasteiger partial charge in [0.05, 0.1) is 7.11 Å². The largest absolute Gasteiger partial charge is 0.467 e. The molecule has 0 saturated carbocycles. The molecule has 0 rings (SSSR count). The summed E-state index contributed by atoms with van der Waals surface area (Å²) in [4.78, 5) is 21.8. The Hall–Kier alpha value is -0.770. The molecule has 0 radical (unpaired) electrons. The third kappa shape index (κ3) is 3.09. The van der Waals surface area contributed by atoms with E-state index in [2.05, 4.69) is 10.1 Å². The maximum Gasteiger partial charge on any atom is 0.330 e. The van der Waals surface area contributed by atoms with Gasteiger partial charge in [0.25, 0.3) is 0 Å². The fraction of sp³-hybridized carbons (Fsp3) is 0.714. The molecule has 4 nitrogen and oxygen atoms in total. The first-order chi connectivity index (χ1) is 5.44. The number of amides is 1. The van der Waals surface area contributed by atoms with Crippen LogP contribution in [0.5, 0.6) is 0 Å². The quantitative estimate of drug-likeness (QED) is 0.518. The van der Waals surface area contributed by atoms with Crippen molar-refractivity contribution in [1.29, 1.82) is 0 Å². The highest BCUT2D eigenvalue weighted by Gasteiger charge is 2.29. The zero-order valence-electron chi connectivity index (χ0n) is 7.31. The smallest absolute Gasteiger partial charge is 0.330 e. The number of rotatable bonds is 3. The van der Waals surface area contributed by atoms with Crippen molar-refractivity contribution in [2.75, 3.05) is 13.0 Å². The van der Waals surface area contributed by atoms with E-state index in [-0.39, 0.29) is 5.88 Å². The van der Waals surface area contributed by atoms with Crippen LogP contribution >= 0.6 is 11.6 Å². The molecule has 0 bridgehead atoms. The van der Waals surface area contributed by atoms with E-state index in [0.29, 0.717) is 0 Å². The van der Waals surface area contributed by atoms with Gasteiger partial charge in [-0.2, -0.15) is 0 Å². The molecule has 0 heterocycles. The second-order valence-corrected chi connectivity index (χ2v) is 3.07. The Kier molecular flexibility index (Phi) is 4.03. The van der Waals surface area contributed by atoms with Gasteiger partial charge in [0.15, 0.2) is 0 Å². The first-order valence-corrected chi connectivity index (χ1v) is 3.93. The minimum absolute atomic E-state index is 0.166. The summed E-state index contributed by atoms with van der Waals surface area (Å²) in [6.07, 6.45) is 0. The number of nitrogens with one attached hydrogen (secondary N) is 1. The van der Waals surface area contributed by atoms with Crippen LogP contribution in [0, 0.1) is 0 Å². The lowest BCUT2D eigenvalue weighted by Gasteiger charge is -2.22. The number of hydrogen-bond acceptors (Lipinski definition) is 3. The molecule has 0 aromatic rings. The number of methoxy groups -OCH3 is 1. The molecule has 1 amide bonds. The molecule has 0 aliphatic rings. The predicted molar refractivity (Wildman–Crippen MR) is 45.0 cm³/mol. The topological polar surface area (TPSA) is 55.4 Å². The third-order valence-electron chi connectivity index (χ3n) is 1.27. The second kappa shape index (κ2) is 4.30. The van der Waals surface area contributed by atoms with Gasteiger partial charge in [-0.25, -0.2) is 4.79 Å². The fourth-order valence-electron chi connectivity index (χ4n) is 0.688. The molecule has 0 saturated heterocycles. The summed E-state index contributed by atoms with van der Waals surface area (Å²) in [7, 11) is 1.26. The van der Waals surface area contributed by atoms with E-state index in [1.165, 1.54) is 7.11 Å². The Morgan fingerprint density at radius 1 is 1.50 bits per heavy atom. The normalized spacial score (nSPS) is 10.7. The van der Waals surface area contributed by atoms with E-state index in [1.54, 1.807) is 13.8 Å². The number of carbonyl (C=O) groups is 2. The van der Waals surface area contributed by atoms with Crippen molar-refractivity contribution < 1.29 is 14.3 Å². The van der Waals surface area contributed by atoms with Gasteiger partial charge in [-0.3, -0.25) is 4.79 Å². The highest BCUT2D eigenvalue weighted by molar-refractivity contribution is 6.27. The number of halogens is 1. The first-order valence-electron chi connectivity index (χ1n) is 3.39. The van der Waals surface area contributed by atoms with E-state index in [1.807, 2.05) is 0 Å². The Bertz CT molecular complexity index is 191. The van der Waals surface area contributed by atoms with Crippen molar-refractivity contribution in [2.24, 2.45) is 0 Å². The minimum Gasteiger partial charge on any atom is -0.467 e. The molecule has 0 unspecified atom stereocenters. The number of esters is 1. The maximum absolute atomic E-state index is 11.0. The predicted octanol–water partition coefficient (Wildman–Crippen LogP) is 0.293. The van der Waals surface area contributed by atoms with E-state index < -0.39 is 17.4 Å². The van der Waals surface area contributed by atoms with Crippen molar-refractivity contribution in [3.05, 3.63) is 0 Å². The zero-order chi connectivity index (χ0) is 9.78. The molecule has 0 aromatic heterocycles. The monoisotopic (exact) mass is 193 g/mol. The molecule has 0 aliphatic carbocycles. The van der Waals surface area contributed by atoms with Crippen molar-refractivity contribution in [3.63, 3.8) is 0 Å². The lowest BCUT2D eigenvalue weighted by Crippen LogP contribution is -2.50. The summed E-state index contributed by atoms with van der Waals surface area (Å²) in [6, 6.07) is 0. The molecular formula is C7H12ClNO3. The molecule has 0 fully saturated rings. The van der Waals surface area contributed by atoms with Gasteiger partial charge in [0.2, 0.25) is 5.91 Å². The molecule has 70 valence electrons. The molecule has 0 aromatic carbocycles. The van der Waals surface area contributed by atoms with E-state index in [9.17, 15) is 9.59 Å². The van der Waals surface area contributed by atoms with Crippen LogP contribution in [0.2, 0.25) is 0 Å². The van der Waals surface area contributed by atoms with Crippen LogP contribution < -0.4 is 5.32 Å². The Labute approximate surface area is 76.2 Å². The van der Waals surface area contributed by atoms with Crippen molar-refractivity contribution >= 4 is 23.5 Å². The number of ether oxygens (including phenoxy) is 1. The van der Waals surface area contributed by atoms with Crippen LogP contribution in [0.1, 0.15) is 13.8 Å². The van der Waals surface area contributed by atoms with E-state index in [0.717, 1.165) is 0 Å². The van der Waals surface area contributed by atoms with Gasteiger partial charge in [-0.15, -0.1) is 11.6 Å². The summed E-state index contributed by atoms with van der Waals surface area (Å²) in [5, 5.41) is 2.41. The molecule has 0 aliphatic heterocycles. The van der Waals surface area contributed by atoms with Crippen molar-refractivity contribution in [3.8, 4) is 0 Å². The van der Waals surface area contributed by atoms with Crippen LogP contribution in [0.15, 0.2) is 0 Å². The number of carbonyl (C=O) groups excluding carboxylic acids is 2. The van der Waals surface area contributed by atoms with Crippen molar-refractivity contribution in [1.82, 2.24) is 5.32 Å². The molecular weight excluding hydrogens is 182 g/mol. The van der Waals surface area contributed by atoms with Crippen LogP contribution in [-0.4, -0.2) is 30.4 Å². The molecule has 0 spiro atoms. The summed E-state index contributed by atoms with van der Waals surface area (Å²) >= 11 is 5.24. The Balaban J connectivity index is 4.21. The minimum atomic E-state index is -1.01. The van der Waals surface area contributed by atoms with Crippen molar-refractivity contribution in [2.45, 2.75) is 19.4 Å². The lowest BCUT2D eigenvalue weighted by molar-refractivity contribution is -0.149. The number of hydrogen-bond donors (Lipinski definition) is 1. The summed E-state index contributed by atoms with van der Waals surface area (Å²) in [6.45, 7) is 3.09. The van der Waals surface area contributed by atoms with Gasteiger partial charge >= 0.3 is 5.97 Å². The van der Waals surface area contributed by atoms with Gasteiger partial charge < -0.3 is 10.1 Å². The first kappa shape index (κ1) is 11.2. The van der Waals surface area contributed by atoms with Gasteiger partial charge in [-0.05, 0) is 13.8 Å². The fourth-order valence-corrected chi connectivity index (χ4v) is 0.755. The summed E-state index contributed by atoms with van der Waals surface area (Å²) < 4.78 is 4.46. The van der Waals surface area contributed by atoms with E-state index in [4.69, 9.17) is 11.6 Å². The Morgan fingerprint density at radius 3 is 2.33 bits per heavy atom.